The molecule has 96 valence electrons. The number of benzene rings is 2. The van der Waals surface area contributed by atoms with Crippen molar-refractivity contribution in [2.75, 3.05) is 0 Å². The molecule has 1 nitrogen and oxygen atoms in total. The molecule has 0 saturated carbocycles. The standard InChI is InChI=1S/C17H23N/c1-12-9-10-13-7-5-6-8-14(13)16(12)15(18)11-17(2,3)4/h5-10,15H,11,18H2,1-4H3. The average molecular weight is 241 g/mol. The highest BCUT2D eigenvalue weighted by Crippen LogP contribution is 2.33. The van der Waals surface area contributed by atoms with E-state index >= 15 is 0 Å². The Morgan fingerprint density at radius 3 is 2.39 bits per heavy atom. The summed E-state index contributed by atoms with van der Waals surface area (Å²) in [4.78, 5) is 0. The van der Waals surface area contributed by atoms with Gasteiger partial charge in [-0.05, 0) is 40.7 Å². The highest BCUT2D eigenvalue weighted by molar-refractivity contribution is 5.87. The second-order valence-corrected chi connectivity index (χ2v) is 6.39. The molecule has 2 aromatic rings. The van der Waals surface area contributed by atoms with Crippen LogP contribution in [-0.4, -0.2) is 0 Å². The highest BCUT2D eigenvalue weighted by Gasteiger charge is 2.19. The summed E-state index contributed by atoms with van der Waals surface area (Å²) in [7, 11) is 0. The van der Waals surface area contributed by atoms with E-state index in [1.165, 1.54) is 21.9 Å². The molecule has 0 fully saturated rings. The Hall–Kier alpha value is -1.34. The summed E-state index contributed by atoms with van der Waals surface area (Å²) in [5.41, 5.74) is 9.31. The normalized spacial score (nSPS) is 13.8. The monoisotopic (exact) mass is 241 g/mol. The van der Waals surface area contributed by atoms with Gasteiger partial charge in [0, 0.05) is 6.04 Å². The Bertz CT molecular complexity index is 549. The van der Waals surface area contributed by atoms with Crippen LogP contribution in [0.5, 0.6) is 0 Å². The zero-order valence-corrected chi connectivity index (χ0v) is 11.8. The second-order valence-electron chi connectivity index (χ2n) is 6.39. The molecular weight excluding hydrogens is 218 g/mol. The van der Waals surface area contributed by atoms with E-state index in [9.17, 15) is 0 Å². The van der Waals surface area contributed by atoms with Crippen LogP contribution in [0.4, 0.5) is 0 Å². The summed E-state index contributed by atoms with van der Waals surface area (Å²) in [6.45, 7) is 8.89. The van der Waals surface area contributed by atoms with Crippen LogP contribution in [0.1, 0.15) is 44.4 Å². The number of aryl methyl sites for hydroxylation is 1. The first kappa shape index (κ1) is 13.1. The minimum atomic E-state index is 0.107. The van der Waals surface area contributed by atoms with Crippen molar-refractivity contribution in [3.63, 3.8) is 0 Å². The zero-order chi connectivity index (χ0) is 13.3. The molecule has 0 heterocycles. The van der Waals surface area contributed by atoms with Crippen molar-refractivity contribution in [3.8, 4) is 0 Å². The van der Waals surface area contributed by atoms with Gasteiger partial charge in [0.05, 0.1) is 0 Å². The Morgan fingerprint density at radius 2 is 1.72 bits per heavy atom. The third-order valence-corrected chi connectivity index (χ3v) is 3.39. The summed E-state index contributed by atoms with van der Waals surface area (Å²) in [6.07, 6.45) is 1.00. The Kier molecular flexibility index (Phi) is 3.45. The molecule has 0 amide bonds. The maximum Gasteiger partial charge on any atom is 0.0308 e. The van der Waals surface area contributed by atoms with Crippen LogP contribution in [0.2, 0.25) is 0 Å². The first-order chi connectivity index (χ1) is 8.38. The van der Waals surface area contributed by atoms with Crippen LogP contribution in [0.15, 0.2) is 36.4 Å². The largest absolute Gasteiger partial charge is 0.324 e. The van der Waals surface area contributed by atoms with Crippen molar-refractivity contribution in [1.82, 2.24) is 0 Å². The Morgan fingerprint density at radius 1 is 1.06 bits per heavy atom. The van der Waals surface area contributed by atoms with Gasteiger partial charge in [-0.2, -0.15) is 0 Å². The van der Waals surface area contributed by atoms with Gasteiger partial charge in [-0.1, -0.05) is 57.2 Å². The lowest BCUT2D eigenvalue weighted by Crippen LogP contribution is -2.19. The SMILES string of the molecule is Cc1ccc2ccccc2c1C(N)CC(C)(C)C. The molecule has 1 unspecified atom stereocenters. The number of nitrogens with two attached hydrogens (primary N) is 1. The molecule has 0 aliphatic rings. The maximum absolute atomic E-state index is 6.45. The quantitative estimate of drug-likeness (QED) is 0.818. The van der Waals surface area contributed by atoms with Crippen molar-refractivity contribution < 1.29 is 0 Å². The molecule has 1 atom stereocenters. The molecule has 18 heavy (non-hydrogen) atoms. The predicted octanol–water partition coefficient (Wildman–Crippen LogP) is 4.58. The zero-order valence-electron chi connectivity index (χ0n) is 11.8. The van der Waals surface area contributed by atoms with Gasteiger partial charge in [-0.25, -0.2) is 0 Å². The molecule has 0 saturated heterocycles. The van der Waals surface area contributed by atoms with Crippen molar-refractivity contribution in [2.24, 2.45) is 11.1 Å². The van der Waals surface area contributed by atoms with Gasteiger partial charge in [0.15, 0.2) is 0 Å². The Labute approximate surface area is 110 Å². The molecule has 0 spiro atoms. The molecule has 2 N–H and O–H groups in total. The molecule has 0 aliphatic heterocycles. The van der Waals surface area contributed by atoms with E-state index in [1.807, 2.05) is 0 Å². The lowest BCUT2D eigenvalue weighted by Gasteiger charge is -2.25. The van der Waals surface area contributed by atoms with E-state index in [0.717, 1.165) is 6.42 Å². The minimum absolute atomic E-state index is 0.107. The Balaban J connectivity index is 2.52. The number of hydrogen-bond donors (Lipinski definition) is 1. The van der Waals surface area contributed by atoms with Crippen LogP contribution in [0.25, 0.3) is 10.8 Å². The predicted molar refractivity (Wildman–Crippen MR) is 79.7 cm³/mol. The second kappa shape index (κ2) is 4.74. The third kappa shape index (κ3) is 2.73. The minimum Gasteiger partial charge on any atom is -0.324 e. The molecule has 2 aromatic carbocycles. The van der Waals surface area contributed by atoms with Gasteiger partial charge < -0.3 is 5.73 Å². The van der Waals surface area contributed by atoms with E-state index in [-0.39, 0.29) is 11.5 Å². The van der Waals surface area contributed by atoms with Gasteiger partial charge >= 0.3 is 0 Å². The summed E-state index contributed by atoms with van der Waals surface area (Å²) in [5.74, 6) is 0. The fourth-order valence-corrected chi connectivity index (χ4v) is 2.66. The third-order valence-electron chi connectivity index (χ3n) is 3.39. The van der Waals surface area contributed by atoms with Gasteiger partial charge in [0.1, 0.15) is 0 Å². The van der Waals surface area contributed by atoms with E-state index in [0.29, 0.717) is 0 Å². The first-order valence-corrected chi connectivity index (χ1v) is 6.62. The number of rotatable bonds is 2. The smallest absolute Gasteiger partial charge is 0.0308 e. The van der Waals surface area contributed by atoms with Crippen LogP contribution < -0.4 is 5.73 Å². The summed E-state index contributed by atoms with van der Waals surface area (Å²) < 4.78 is 0. The maximum atomic E-state index is 6.45. The molecular formula is C17H23N. The fraction of sp³-hybridized carbons (Fsp3) is 0.412. The van der Waals surface area contributed by atoms with Crippen molar-refractivity contribution in [1.29, 1.82) is 0 Å². The summed E-state index contributed by atoms with van der Waals surface area (Å²) in [6, 6.07) is 13.0. The van der Waals surface area contributed by atoms with Crippen molar-refractivity contribution in [3.05, 3.63) is 47.5 Å². The van der Waals surface area contributed by atoms with Crippen molar-refractivity contribution >= 4 is 10.8 Å². The van der Waals surface area contributed by atoms with E-state index < -0.39 is 0 Å². The number of hydrogen-bond acceptors (Lipinski definition) is 1. The van der Waals surface area contributed by atoms with Crippen molar-refractivity contribution in [2.45, 2.75) is 40.2 Å². The average Bonchev–Trinajstić information content (AvgIpc) is 2.26. The van der Waals surface area contributed by atoms with Gasteiger partial charge in [-0.15, -0.1) is 0 Å². The van der Waals surface area contributed by atoms with Gasteiger partial charge in [0.2, 0.25) is 0 Å². The van der Waals surface area contributed by atoms with Crippen LogP contribution in [-0.2, 0) is 0 Å². The summed E-state index contributed by atoms with van der Waals surface area (Å²) in [5, 5.41) is 2.58. The fourth-order valence-electron chi connectivity index (χ4n) is 2.66. The van der Waals surface area contributed by atoms with Gasteiger partial charge in [-0.3, -0.25) is 0 Å². The molecule has 0 radical (unpaired) electrons. The lowest BCUT2D eigenvalue weighted by molar-refractivity contribution is 0.343. The summed E-state index contributed by atoms with van der Waals surface area (Å²) >= 11 is 0. The first-order valence-electron chi connectivity index (χ1n) is 6.62. The van der Waals surface area contributed by atoms with E-state index in [2.05, 4.69) is 64.1 Å². The van der Waals surface area contributed by atoms with Crippen LogP contribution in [0.3, 0.4) is 0 Å². The molecule has 1 heteroatoms. The molecule has 2 rings (SSSR count). The van der Waals surface area contributed by atoms with Crippen LogP contribution in [0, 0.1) is 12.3 Å². The van der Waals surface area contributed by atoms with Crippen LogP contribution >= 0.6 is 0 Å². The molecule has 0 bridgehead atoms. The highest BCUT2D eigenvalue weighted by atomic mass is 14.6. The molecule has 0 aliphatic carbocycles. The molecule has 0 aromatic heterocycles. The lowest BCUT2D eigenvalue weighted by atomic mass is 9.83. The van der Waals surface area contributed by atoms with E-state index in [4.69, 9.17) is 5.73 Å². The van der Waals surface area contributed by atoms with Gasteiger partial charge in [0.25, 0.3) is 0 Å². The number of fused-ring (bicyclic) bond motifs is 1. The topological polar surface area (TPSA) is 26.0 Å². The van der Waals surface area contributed by atoms with E-state index in [1.54, 1.807) is 0 Å².